The Bertz CT molecular complexity index is 1050. The molecule has 1 aromatic heterocycles. The van der Waals surface area contributed by atoms with E-state index in [1.807, 2.05) is 37.3 Å². The van der Waals surface area contributed by atoms with E-state index in [-0.39, 0.29) is 12.7 Å². The highest BCUT2D eigenvalue weighted by Crippen LogP contribution is 2.32. The van der Waals surface area contributed by atoms with Crippen LogP contribution in [-0.2, 0) is 13.1 Å². The van der Waals surface area contributed by atoms with Gasteiger partial charge in [0.25, 0.3) is 5.91 Å². The molecule has 2 aromatic carbocycles. The van der Waals surface area contributed by atoms with Crippen LogP contribution < -0.4 is 20.1 Å². The fraction of sp³-hybridized carbons (Fsp3) is 0.227. The molecule has 0 radical (unpaired) electrons. The number of amides is 1. The molecule has 29 heavy (non-hydrogen) atoms. The lowest BCUT2D eigenvalue weighted by atomic mass is 10.1. The molecule has 148 valence electrons. The molecule has 0 saturated carbocycles. The molecule has 0 aliphatic carbocycles. The van der Waals surface area contributed by atoms with Crippen molar-refractivity contribution in [3.05, 3.63) is 76.6 Å². The predicted molar refractivity (Wildman–Crippen MR) is 109 cm³/mol. The van der Waals surface area contributed by atoms with Crippen molar-refractivity contribution in [3.63, 3.8) is 0 Å². The standard InChI is InChI=1S/C22H22N4O3/c1-14-4-3-5-16(8-14)12-24-22-25-15(2)9-18(26-22)21(27)23-11-17-6-7-19-20(10-17)29-13-28-19/h3-10H,11-13H2,1-2H3,(H,23,27)(H,24,25,26). The fourth-order valence-electron chi connectivity index (χ4n) is 3.09. The molecule has 7 heteroatoms. The Kier molecular flexibility index (Phi) is 5.29. The molecule has 1 amide bonds. The SMILES string of the molecule is Cc1cccc(CNc2nc(C)cc(C(=O)NCc3ccc4c(c3)OCO4)n2)c1. The van der Waals surface area contributed by atoms with Crippen LogP contribution >= 0.6 is 0 Å². The highest BCUT2D eigenvalue weighted by molar-refractivity contribution is 5.92. The van der Waals surface area contributed by atoms with Crippen molar-refractivity contribution < 1.29 is 14.3 Å². The van der Waals surface area contributed by atoms with Gasteiger partial charge < -0.3 is 20.1 Å². The smallest absolute Gasteiger partial charge is 0.270 e. The second-order valence-corrected chi connectivity index (χ2v) is 6.93. The number of nitrogens with zero attached hydrogens (tertiary/aromatic N) is 2. The molecule has 1 aliphatic heterocycles. The minimum atomic E-state index is -0.258. The summed E-state index contributed by atoms with van der Waals surface area (Å²) in [6.07, 6.45) is 0. The summed E-state index contributed by atoms with van der Waals surface area (Å²) >= 11 is 0. The Hall–Kier alpha value is -3.61. The van der Waals surface area contributed by atoms with Crippen molar-refractivity contribution in [2.45, 2.75) is 26.9 Å². The summed E-state index contributed by atoms with van der Waals surface area (Å²) in [5, 5.41) is 6.08. The maximum Gasteiger partial charge on any atom is 0.270 e. The first kappa shape index (κ1) is 18.7. The van der Waals surface area contributed by atoms with Crippen molar-refractivity contribution in [3.8, 4) is 11.5 Å². The number of carbonyl (C=O) groups is 1. The van der Waals surface area contributed by atoms with Crippen molar-refractivity contribution in [1.29, 1.82) is 0 Å². The largest absolute Gasteiger partial charge is 0.454 e. The molecule has 0 saturated heterocycles. The van der Waals surface area contributed by atoms with Gasteiger partial charge in [0.1, 0.15) is 5.69 Å². The number of nitrogens with one attached hydrogen (secondary N) is 2. The first-order valence-corrected chi connectivity index (χ1v) is 9.39. The molecular formula is C22H22N4O3. The Morgan fingerprint density at radius 1 is 0.966 bits per heavy atom. The van der Waals surface area contributed by atoms with Gasteiger partial charge in [-0.1, -0.05) is 35.9 Å². The first-order valence-electron chi connectivity index (χ1n) is 9.39. The van der Waals surface area contributed by atoms with Crippen LogP contribution in [0.25, 0.3) is 0 Å². The van der Waals surface area contributed by atoms with Crippen molar-refractivity contribution >= 4 is 11.9 Å². The maximum absolute atomic E-state index is 12.6. The third kappa shape index (κ3) is 4.63. The van der Waals surface area contributed by atoms with E-state index in [9.17, 15) is 4.79 Å². The van der Waals surface area contributed by atoms with E-state index in [0.717, 1.165) is 22.6 Å². The monoisotopic (exact) mass is 390 g/mol. The number of carbonyl (C=O) groups excluding carboxylic acids is 1. The van der Waals surface area contributed by atoms with Gasteiger partial charge >= 0.3 is 0 Å². The van der Waals surface area contributed by atoms with Gasteiger partial charge in [-0.3, -0.25) is 4.79 Å². The van der Waals surface area contributed by atoms with Gasteiger partial charge in [0, 0.05) is 18.8 Å². The van der Waals surface area contributed by atoms with E-state index in [1.165, 1.54) is 5.56 Å². The van der Waals surface area contributed by atoms with Crippen LogP contribution in [-0.4, -0.2) is 22.7 Å². The summed E-state index contributed by atoms with van der Waals surface area (Å²) in [7, 11) is 0. The summed E-state index contributed by atoms with van der Waals surface area (Å²) in [4.78, 5) is 21.3. The topological polar surface area (TPSA) is 85.4 Å². The number of benzene rings is 2. The number of hydrogen-bond donors (Lipinski definition) is 2. The number of rotatable bonds is 6. The Morgan fingerprint density at radius 2 is 1.79 bits per heavy atom. The van der Waals surface area contributed by atoms with Crippen LogP contribution in [0, 0.1) is 13.8 Å². The van der Waals surface area contributed by atoms with Crippen LogP contribution in [0.5, 0.6) is 11.5 Å². The van der Waals surface area contributed by atoms with E-state index in [2.05, 4.69) is 39.7 Å². The molecule has 3 aromatic rings. The number of aromatic nitrogens is 2. The third-order valence-electron chi connectivity index (χ3n) is 4.51. The zero-order valence-electron chi connectivity index (χ0n) is 16.4. The molecule has 0 unspecified atom stereocenters. The van der Waals surface area contributed by atoms with Gasteiger partial charge in [0.15, 0.2) is 11.5 Å². The highest BCUT2D eigenvalue weighted by atomic mass is 16.7. The van der Waals surface area contributed by atoms with Gasteiger partial charge in [-0.15, -0.1) is 0 Å². The number of hydrogen-bond acceptors (Lipinski definition) is 6. The van der Waals surface area contributed by atoms with Gasteiger partial charge in [-0.25, -0.2) is 9.97 Å². The van der Waals surface area contributed by atoms with Crippen LogP contribution in [0.1, 0.15) is 32.9 Å². The number of aryl methyl sites for hydroxylation is 2. The van der Waals surface area contributed by atoms with Crippen molar-refractivity contribution in [2.24, 2.45) is 0 Å². The Labute approximate surface area is 169 Å². The van der Waals surface area contributed by atoms with Crippen molar-refractivity contribution in [1.82, 2.24) is 15.3 Å². The third-order valence-corrected chi connectivity index (χ3v) is 4.51. The summed E-state index contributed by atoms with van der Waals surface area (Å²) in [6, 6.07) is 15.5. The maximum atomic E-state index is 12.6. The van der Waals surface area contributed by atoms with Gasteiger partial charge in [-0.2, -0.15) is 0 Å². The number of anilines is 1. The van der Waals surface area contributed by atoms with Crippen LogP contribution in [0.3, 0.4) is 0 Å². The minimum Gasteiger partial charge on any atom is -0.454 e. The molecule has 0 atom stereocenters. The van der Waals surface area contributed by atoms with E-state index in [4.69, 9.17) is 9.47 Å². The number of ether oxygens (including phenoxy) is 2. The average molecular weight is 390 g/mol. The van der Waals surface area contributed by atoms with Crippen molar-refractivity contribution in [2.75, 3.05) is 12.1 Å². The molecular weight excluding hydrogens is 368 g/mol. The van der Waals surface area contributed by atoms with Crippen LogP contribution in [0.15, 0.2) is 48.5 Å². The number of fused-ring (bicyclic) bond motifs is 1. The fourth-order valence-corrected chi connectivity index (χ4v) is 3.09. The predicted octanol–water partition coefficient (Wildman–Crippen LogP) is 3.36. The second-order valence-electron chi connectivity index (χ2n) is 6.93. The summed E-state index contributed by atoms with van der Waals surface area (Å²) < 4.78 is 10.7. The normalized spacial score (nSPS) is 11.9. The molecule has 0 fully saturated rings. The highest BCUT2D eigenvalue weighted by Gasteiger charge is 2.14. The molecule has 0 spiro atoms. The Morgan fingerprint density at radius 3 is 2.66 bits per heavy atom. The lowest BCUT2D eigenvalue weighted by Crippen LogP contribution is -2.24. The Balaban J connectivity index is 1.40. The molecule has 2 N–H and O–H groups in total. The van der Waals surface area contributed by atoms with E-state index < -0.39 is 0 Å². The quantitative estimate of drug-likeness (QED) is 0.671. The van der Waals surface area contributed by atoms with Gasteiger partial charge in [0.2, 0.25) is 12.7 Å². The molecule has 1 aliphatic rings. The lowest BCUT2D eigenvalue weighted by molar-refractivity contribution is 0.0945. The van der Waals surface area contributed by atoms with E-state index in [1.54, 1.807) is 6.07 Å². The molecule has 7 nitrogen and oxygen atoms in total. The molecule has 2 heterocycles. The lowest BCUT2D eigenvalue weighted by Gasteiger charge is -2.10. The molecule has 0 bridgehead atoms. The van der Waals surface area contributed by atoms with Gasteiger partial charge in [0.05, 0.1) is 0 Å². The summed E-state index contributed by atoms with van der Waals surface area (Å²) in [5.74, 6) is 1.58. The minimum absolute atomic E-state index is 0.226. The molecule has 4 rings (SSSR count). The summed E-state index contributed by atoms with van der Waals surface area (Å²) in [6.45, 7) is 5.07. The zero-order chi connectivity index (χ0) is 20.2. The average Bonchev–Trinajstić information content (AvgIpc) is 3.18. The zero-order valence-corrected chi connectivity index (χ0v) is 16.4. The van der Waals surface area contributed by atoms with Crippen LogP contribution in [0.2, 0.25) is 0 Å². The summed E-state index contributed by atoms with van der Waals surface area (Å²) in [5.41, 5.74) is 4.29. The van der Waals surface area contributed by atoms with E-state index in [0.29, 0.717) is 30.5 Å². The van der Waals surface area contributed by atoms with Crippen LogP contribution in [0.4, 0.5) is 5.95 Å². The van der Waals surface area contributed by atoms with E-state index >= 15 is 0 Å². The van der Waals surface area contributed by atoms with Gasteiger partial charge in [-0.05, 0) is 43.2 Å². The second kappa shape index (κ2) is 8.18. The first-order chi connectivity index (χ1) is 14.1.